The molecule has 0 atom stereocenters. The standard InChI is InChI=1S/C18H20BrN3O3S/c1-4-21-16-9-7-14(11-17(16)22(5-2)18(21)23)26(24,25)20-13-6-8-15(19)12(3)10-13/h6-11,20H,4-5H2,1-3H3. The zero-order valence-corrected chi connectivity index (χ0v) is 17.2. The summed E-state index contributed by atoms with van der Waals surface area (Å²) >= 11 is 3.40. The molecule has 138 valence electrons. The summed E-state index contributed by atoms with van der Waals surface area (Å²) in [4.78, 5) is 12.6. The molecule has 0 saturated carbocycles. The van der Waals surface area contributed by atoms with Gasteiger partial charge in [0.15, 0.2) is 0 Å². The fraction of sp³-hybridized carbons (Fsp3) is 0.278. The first kappa shape index (κ1) is 18.7. The summed E-state index contributed by atoms with van der Waals surface area (Å²) < 4.78 is 32.3. The predicted octanol–water partition coefficient (Wildman–Crippen LogP) is 3.71. The molecule has 0 fully saturated rings. The maximum absolute atomic E-state index is 12.8. The van der Waals surface area contributed by atoms with E-state index in [0.717, 1.165) is 15.6 Å². The van der Waals surface area contributed by atoms with Crippen LogP contribution in [0.15, 0.2) is 50.6 Å². The van der Waals surface area contributed by atoms with E-state index in [-0.39, 0.29) is 10.6 Å². The van der Waals surface area contributed by atoms with Gasteiger partial charge in [-0.2, -0.15) is 0 Å². The minimum atomic E-state index is -3.76. The molecule has 2 aromatic carbocycles. The second-order valence-electron chi connectivity index (χ2n) is 5.99. The number of anilines is 1. The van der Waals surface area contributed by atoms with Crippen molar-refractivity contribution in [2.24, 2.45) is 0 Å². The van der Waals surface area contributed by atoms with Gasteiger partial charge < -0.3 is 0 Å². The Labute approximate surface area is 160 Å². The number of aromatic nitrogens is 2. The normalized spacial score (nSPS) is 11.8. The van der Waals surface area contributed by atoms with Gasteiger partial charge in [-0.15, -0.1) is 0 Å². The molecule has 3 aromatic rings. The van der Waals surface area contributed by atoms with Crippen LogP contribution in [0.2, 0.25) is 0 Å². The van der Waals surface area contributed by atoms with Gasteiger partial charge in [0.05, 0.1) is 15.9 Å². The van der Waals surface area contributed by atoms with Crippen LogP contribution in [0.25, 0.3) is 11.0 Å². The molecule has 0 bridgehead atoms. The zero-order valence-electron chi connectivity index (χ0n) is 14.8. The zero-order chi connectivity index (χ0) is 19.1. The van der Waals surface area contributed by atoms with Crippen molar-refractivity contribution in [3.8, 4) is 0 Å². The van der Waals surface area contributed by atoms with Crippen molar-refractivity contribution in [3.05, 3.63) is 56.9 Å². The maximum Gasteiger partial charge on any atom is 0.329 e. The van der Waals surface area contributed by atoms with Gasteiger partial charge in [-0.3, -0.25) is 13.9 Å². The average molecular weight is 438 g/mol. The first-order chi connectivity index (χ1) is 12.3. The molecule has 1 aromatic heterocycles. The van der Waals surface area contributed by atoms with Gasteiger partial charge >= 0.3 is 5.69 Å². The van der Waals surface area contributed by atoms with Gasteiger partial charge in [-0.05, 0) is 62.7 Å². The van der Waals surface area contributed by atoms with Crippen LogP contribution in [0.4, 0.5) is 5.69 Å². The van der Waals surface area contributed by atoms with E-state index in [4.69, 9.17) is 0 Å². The van der Waals surface area contributed by atoms with Crippen molar-refractivity contribution in [2.45, 2.75) is 38.8 Å². The number of rotatable bonds is 5. The molecule has 3 rings (SSSR count). The van der Waals surface area contributed by atoms with Gasteiger partial charge in [-0.1, -0.05) is 15.9 Å². The Morgan fingerprint density at radius 1 is 1.00 bits per heavy atom. The average Bonchev–Trinajstić information content (AvgIpc) is 2.87. The molecule has 1 N–H and O–H groups in total. The molecule has 0 radical (unpaired) electrons. The monoisotopic (exact) mass is 437 g/mol. The lowest BCUT2D eigenvalue weighted by Gasteiger charge is -2.10. The summed E-state index contributed by atoms with van der Waals surface area (Å²) in [5.74, 6) is 0. The van der Waals surface area contributed by atoms with E-state index in [2.05, 4.69) is 20.7 Å². The van der Waals surface area contributed by atoms with Gasteiger partial charge in [0.2, 0.25) is 0 Å². The van der Waals surface area contributed by atoms with Crippen LogP contribution in [0.1, 0.15) is 19.4 Å². The smallest absolute Gasteiger partial charge is 0.292 e. The summed E-state index contributed by atoms with van der Waals surface area (Å²) in [7, 11) is -3.76. The van der Waals surface area contributed by atoms with Crippen LogP contribution >= 0.6 is 15.9 Å². The number of hydrogen-bond acceptors (Lipinski definition) is 3. The van der Waals surface area contributed by atoms with Crippen molar-refractivity contribution in [2.75, 3.05) is 4.72 Å². The number of halogens is 1. The van der Waals surface area contributed by atoms with Crippen LogP contribution in [0.5, 0.6) is 0 Å². The third-order valence-corrected chi connectivity index (χ3v) is 6.61. The number of hydrogen-bond donors (Lipinski definition) is 1. The third-order valence-electron chi connectivity index (χ3n) is 4.34. The fourth-order valence-electron chi connectivity index (χ4n) is 3.00. The fourth-order valence-corrected chi connectivity index (χ4v) is 4.32. The molecule has 0 unspecified atom stereocenters. The Hall–Kier alpha value is -2.06. The van der Waals surface area contributed by atoms with Gasteiger partial charge in [0.25, 0.3) is 10.0 Å². The number of sulfonamides is 1. The molecule has 0 saturated heterocycles. The van der Waals surface area contributed by atoms with Gasteiger partial charge in [0, 0.05) is 23.2 Å². The minimum Gasteiger partial charge on any atom is -0.292 e. The Balaban J connectivity index is 2.09. The number of aryl methyl sites for hydroxylation is 3. The summed E-state index contributed by atoms with van der Waals surface area (Å²) in [5, 5.41) is 0. The molecular weight excluding hydrogens is 418 g/mol. The van der Waals surface area contributed by atoms with Gasteiger partial charge in [-0.25, -0.2) is 13.2 Å². The summed E-state index contributed by atoms with van der Waals surface area (Å²) in [6.45, 7) is 6.66. The highest BCUT2D eigenvalue weighted by Crippen LogP contribution is 2.24. The summed E-state index contributed by atoms with van der Waals surface area (Å²) in [6, 6.07) is 10.0. The summed E-state index contributed by atoms with van der Waals surface area (Å²) in [5.41, 5.74) is 2.65. The lowest BCUT2D eigenvalue weighted by Crippen LogP contribution is -2.23. The topological polar surface area (TPSA) is 73.1 Å². The number of benzene rings is 2. The molecule has 0 amide bonds. The molecule has 8 heteroatoms. The first-order valence-corrected chi connectivity index (χ1v) is 10.6. The molecule has 0 aliphatic heterocycles. The quantitative estimate of drug-likeness (QED) is 0.660. The minimum absolute atomic E-state index is 0.126. The van der Waals surface area contributed by atoms with Crippen LogP contribution in [-0.2, 0) is 23.1 Å². The van der Waals surface area contributed by atoms with Crippen molar-refractivity contribution in [1.29, 1.82) is 0 Å². The number of nitrogens with one attached hydrogen (secondary N) is 1. The van der Waals surface area contributed by atoms with Crippen molar-refractivity contribution in [3.63, 3.8) is 0 Å². The van der Waals surface area contributed by atoms with E-state index in [9.17, 15) is 13.2 Å². The number of nitrogens with zero attached hydrogens (tertiary/aromatic N) is 2. The van der Waals surface area contributed by atoms with E-state index in [0.29, 0.717) is 24.3 Å². The van der Waals surface area contributed by atoms with Crippen LogP contribution < -0.4 is 10.4 Å². The molecule has 1 heterocycles. The van der Waals surface area contributed by atoms with Crippen molar-refractivity contribution < 1.29 is 8.42 Å². The predicted molar refractivity (Wildman–Crippen MR) is 107 cm³/mol. The highest BCUT2D eigenvalue weighted by Gasteiger charge is 2.18. The summed E-state index contributed by atoms with van der Waals surface area (Å²) in [6.07, 6.45) is 0. The molecule has 0 spiro atoms. The maximum atomic E-state index is 12.8. The number of fused-ring (bicyclic) bond motifs is 1. The van der Waals surface area contributed by atoms with E-state index in [1.807, 2.05) is 20.8 Å². The van der Waals surface area contributed by atoms with E-state index in [1.165, 1.54) is 6.07 Å². The first-order valence-electron chi connectivity index (χ1n) is 8.30. The molecule has 6 nitrogen and oxygen atoms in total. The van der Waals surface area contributed by atoms with Crippen molar-refractivity contribution in [1.82, 2.24) is 9.13 Å². The highest BCUT2D eigenvalue weighted by atomic mass is 79.9. The Morgan fingerprint density at radius 3 is 2.27 bits per heavy atom. The third kappa shape index (κ3) is 3.19. The second-order valence-corrected chi connectivity index (χ2v) is 8.53. The van der Waals surface area contributed by atoms with E-state index in [1.54, 1.807) is 39.5 Å². The van der Waals surface area contributed by atoms with E-state index >= 15 is 0 Å². The Morgan fingerprint density at radius 2 is 1.65 bits per heavy atom. The SMILES string of the molecule is CCn1c(=O)n(CC)c2cc(S(=O)(=O)Nc3ccc(Br)c(C)c3)ccc21. The largest absolute Gasteiger partial charge is 0.329 e. The molecule has 0 aliphatic rings. The second kappa shape index (κ2) is 6.92. The highest BCUT2D eigenvalue weighted by molar-refractivity contribution is 9.10. The Kier molecular flexibility index (Phi) is 4.98. The Bertz CT molecular complexity index is 1150. The van der Waals surface area contributed by atoms with Crippen molar-refractivity contribution >= 4 is 42.7 Å². The molecule has 0 aliphatic carbocycles. The van der Waals surface area contributed by atoms with Crippen LogP contribution in [0, 0.1) is 6.92 Å². The lowest BCUT2D eigenvalue weighted by molar-refractivity contribution is 0.601. The van der Waals surface area contributed by atoms with Crippen LogP contribution in [-0.4, -0.2) is 17.6 Å². The van der Waals surface area contributed by atoms with Gasteiger partial charge in [0.1, 0.15) is 0 Å². The molecular formula is C18H20BrN3O3S. The number of imidazole rings is 1. The lowest BCUT2D eigenvalue weighted by atomic mass is 10.2. The van der Waals surface area contributed by atoms with Crippen LogP contribution in [0.3, 0.4) is 0 Å². The van der Waals surface area contributed by atoms with E-state index < -0.39 is 10.0 Å². The molecule has 26 heavy (non-hydrogen) atoms.